The van der Waals surface area contributed by atoms with E-state index in [-0.39, 0.29) is 17.0 Å². The molecule has 6 heteroatoms. The number of carbonyl (C=O) groups is 1. The number of Topliss-reactive ketones (excluding diaryl/α,β-unsaturated/α-hetero) is 1. The monoisotopic (exact) mass is 262 g/mol. The quantitative estimate of drug-likeness (QED) is 0.780. The maximum atomic E-state index is 12.4. The lowest BCUT2D eigenvalue weighted by molar-refractivity contribution is -0.0886. The summed E-state index contributed by atoms with van der Waals surface area (Å²) in [4.78, 5) is 11.3. The zero-order chi connectivity index (χ0) is 14.1. The predicted molar refractivity (Wildman–Crippen MR) is 61.5 cm³/mol. The highest BCUT2D eigenvalue weighted by Crippen LogP contribution is 2.26. The Kier molecular flexibility index (Phi) is 4.19. The van der Waals surface area contributed by atoms with Crippen molar-refractivity contribution in [1.82, 2.24) is 9.78 Å². The Morgan fingerprint density at radius 1 is 1.39 bits per heavy atom. The second-order valence-corrected chi connectivity index (χ2v) is 4.57. The van der Waals surface area contributed by atoms with Crippen LogP contribution in [-0.4, -0.2) is 21.7 Å². The van der Waals surface area contributed by atoms with Crippen molar-refractivity contribution in [2.75, 3.05) is 0 Å². The lowest BCUT2D eigenvalue weighted by Gasteiger charge is -2.10. The zero-order valence-corrected chi connectivity index (χ0v) is 10.9. The summed E-state index contributed by atoms with van der Waals surface area (Å²) >= 11 is 0. The lowest BCUT2D eigenvalue weighted by atomic mass is 10.1. The van der Waals surface area contributed by atoms with Crippen molar-refractivity contribution in [3.63, 3.8) is 0 Å². The van der Waals surface area contributed by atoms with Gasteiger partial charge in [0, 0.05) is 12.2 Å². The van der Waals surface area contributed by atoms with Crippen LogP contribution in [-0.2, 0) is 6.54 Å². The first-order valence-electron chi connectivity index (χ1n) is 5.84. The fraction of sp³-hybridized carbons (Fsp3) is 0.667. The highest BCUT2D eigenvalue weighted by atomic mass is 19.4. The molecular weight excluding hydrogens is 245 g/mol. The fourth-order valence-corrected chi connectivity index (χ4v) is 1.77. The van der Waals surface area contributed by atoms with E-state index in [2.05, 4.69) is 5.10 Å². The fourth-order valence-electron chi connectivity index (χ4n) is 1.77. The largest absolute Gasteiger partial charge is 0.455 e. The van der Waals surface area contributed by atoms with Gasteiger partial charge in [-0.3, -0.25) is 9.48 Å². The van der Waals surface area contributed by atoms with Crippen molar-refractivity contribution in [2.45, 2.75) is 46.8 Å². The first-order valence-corrected chi connectivity index (χ1v) is 5.84. The molecule has 0 saturated heterocycles. The van der Waals surface area contributed by atoms with Crippen molar-refractivity contribution < 1.29 is 18.0 Å². The number of alkyl halides is 3. The predicted octanol–water partition coefficient (Wildman–Crippen LogP) is 3.29. The van der Waals surface area contributed by atoms with Crippen molar-refractivity contribution in [1.29, 1.82) is 0 Å². The molecule has 0 aromatic carbocycles. The minimum atomic E-state index is -4.85. The van der Waals surface area contributed by atoms with Crippen molar-refractivity contribution in [2.24, 2.45) is 5.92 Å². The SMILES string of the molecule is CCC(C)Cn1nc(C)c(C(=O)C(F)(F)F)c1C. The Balaban J connectivity index is 3.13. The Bertz CT molecular complexity index is 449. The number of nitrogens with zero attached hydrogens (tertiary/aromatic N) is 2. The molecule has 0 bridgehead atoms. The van der Waals surface area contributed by atoms with E-state index >= 15 is 0 Å². The number of ketones is 1. The normalized spacial score (nSPS) is 13.7. The van der Waals surface area contributed by atoms with Crippen LogP contribution < -0.4 is 0 Å². The third-order valence-corrected chi connectivity index (χ3v) is 3.05. The van der Waals surface area contributed by atoms with Crippen molar-refractivity contribution >= 4 is 5.78 Å². The maximum Gasteiger partial charge on any atom is 0.455 e. The van der Waals surface area contributed by atoms with E-state index in [0.717, 1.165) is 6.42 Å². The van der Waals surface area contributed by atoms with Gasteiger partial charge in [0.25, 0.3) is 5.78 Å². The van der Waals surface area contributed by atoms with E-state index in [4.69, 9.17) is 0 Å². The van der Waals surface area contributed by atoms with Crippen LogP contribution in [0.1, 0.15) is 42.0 Å². The van der Waals surface area contributed by atoms with Crippen LogP contribution in [0.3, 0.4) is 0 Å². The number of halogens is 3. The topological polar surface area (TPSA) is 34.9 Å². The van der Waals surface area contributed by atoms with E-state index < -0.39 is 12.0 Å². The van der Waals surface area contributed by atoms with Gasteiger partial charge < -0.3 is 0 Å². The van der Waals surface area contributed by atoms with Crippen LogP contribution >= 0.6 is 0 Å². The van der Waals surface area contributed by atoms with E-state index in [1.165, 1.54) is 18.5 Å². The molecule has 0 fully saturated rings. The van der Waals surface area contributed by atoms with Crippen molar-refractivity contribution in [3.05, 3.63) is 17.0 Å². The molecule has 3 nitrogen and oxygen atoms in total. The highest BCUT2D eigenvalue weighted by molar-refractivity contribution is 6.02. The second-order valence-electron chi connectivity index (χ2n) is 4.57. The van der Waals surface area contributed by atoms with Crippen LogP contribution in [0, 0.1) is 19.8 Å². The van der Waals surface area contributed by atoms with Gasteiger partial charge in [0.1, 0.15) is 0 Å². The van der Waals surface area contributed by atoms with E-state index in [0.29, 0.717) is 12.5 Å². The van der Waals surface area contributed by atoms with Gasteiger partial charge in [0.15, 0.2) is 0 Å². The standard InChI is InChI=1S/C12H17F3N2O/c1-5-7(2)6-17-9(4)10(8(3)16-17)11(18)12(13,14)15/h7H,5-6H2,1-4H3. The summed E-state index contributed by atoms with van der Waals surface area (Å²) in [5.41, 5.74) is 0.110. The first-order chi connectivity index (χ1) is 8.18. The van der Waals surface area contributed by atoms with Crippen LogP contribution in [0.2, 0.25) is 0 Å². The Labute approximate surface area is 104 Å². The first kappa shape index (κ1) is 14.7. The average molecular weight is 262 g/mol. The molecule has 0 spiro atoms. The number of hydrogen-bond acceptors (Lipinski definition) is 2. The Morgan fingerprint density at radius 3 is 2.39 bits per heavy atom. The van der Waals surface area contributed by atoms with Gasteiger partial charge in [-0.2, -0.15) is 18.3 Å². The van der Waals surface area contributed by atoms with Gasteiger partial charge in [-0.25, -0.2) is 0 Å². The van der Waals surface area contributed by atoms with E-state index in [1.54, 1.807) is 0 Å². The van der Waals surface area contributed by atoms with Gasteiger partial charge in [0.2, 0.25) is 0 Å². The molecule has 0 aliphatic heterocycles. The number of carbonyl (C=O) groups excluding carboxylic acids is 1. The molecule has 102 valence electrons. The number of rotatable bonds is 4. The molecular formula is C12H17F3N2O. The average Bonchev–Trinajstić information content (AvgIpc) is 2.52. The number of hydrogen-bond donors (Lipinski definition) is 0. The van der Waals surface area contributed by atoms with Gasteiger partial charge in [-0.15, -0.1) is 0 Å². The summed E-state index contributed by atoms with van der Waals surface area (Å²) in [6.07, 6.45) is -3.94. The molecule has 1 aromatic rings. The zero-order valence-electron chi connectivity index (χ0n) is 10.9. The number of aromatic nitrogens is 2. The highest BCUT2D eigenvalue weighted by Gasteiger charge is 2.42. The van der Waals surface area contributed by atoms with Gasteiger partial charge in [-0.05, 0) is 19.8 Å². The summed E-state index contributed by atoms with van der Waals surface area (Å²) in [6.45, 7) is 7.44. The van der Waals surface area contributed by atoms with Gasteiger partial charge >= 0.3 is 6.18 Å². The molecule has 1 rings (SSSR count). The smallest absolute Gasteiger partial charge is 0.284 e. The molecule has 0 saturated carbocycles. The number of aryl methyl sites for hydroxylation is 1. The van der Waals surface area contributed by atoms with Gasteiger partial charge in [-0.1, -0.05) is 20.3 Å². The summed E-state index contributed by atoms with van der Waals surface area (Å²) in [7, 11) is 0. The molecule has 1 unspecified atom stereocenters. The molecule has 0 radical (unpaired) electrons. The van der Waals surface area contributed by atoms with Crippen LogP contribution in [0.25, 0.3) is 0 Å². The minimum absolute atomic E-state index is 0.137. The summed E-state index contributed by atoms with van der Waals surface area (Å²) in [5.74, 6) is -1.51. The molecule has 1 aromatic heterocycles. The van der Waals surface area contributed by atoms with E-state index in [9.17, 15) is 18.0 Å². The molecule has 0 amide bonds. The lowest BCUT2D eigenvalue weighted by Crippen LogP contribution is -2.24. The maximum absolute atomic E-state index is 12.4. The van der Waals surface area contributed by atoms with Crippen LogP contribution in [0.4, 0.5) is 13.2 Å². The third-order valence-electron chi connectivity index (χ3n) is 3.05. The molecule has 0 aliphatic carbocycles. The molecule has 0 aliphatic rings. The van der Waals surface area contributed by atoms with E-state index in [1.807, 2.05) is 13.8 Å². The van der Waals surface area contributed by atoms with Crippen molar-refractivity contribution in [3.8, 4) is 0 Å². The molecule has 1 atom stereocenters. The third kappa shape index (κ3) is 2.91. The Morgan fingerprint density at radius 2 is 1.94 bits per heavy atom. The molecule has 18 heavy (non-hydrogen) atoms. The van der Waals surface area contributed by atoms with Crippen LogP contribution in [0.15, 0.2) is 0 Å². The molecule has 1 heterocycles. The summed E-state index contributed by atoms with van der Waals surface area (Å²) < 4.78 is 38.8. The Hall–Kier alpha value is -1.33. The summed E-state index contributed by atoms with van der Waals surface area (Å²) in [5, 5.41) is 4.03. The molecule has 0 N–H and O–H groups in total. The van der Waals surface area contributed by atoms with Gasteiger partial charge in [0.05, 0.1) is 11.3 Å². The second kappa shape index (κ2) is 5.12. The summed E-state index contributed by atoms with van der Waals surface area (Å²) in [6, 6.07) is 0. The van der Waals surface area contributed by atoms with Crippen LogP contribution in [0.5, 0.6) is 0 Å². The minimum Gasteiger partial charge on any atom is -0.284 e.